The molecule has 0 aliphatic carbocycles. The van der Waals surface area contributed by atoms with Crippen molar-refractivity contribution in [3.05, 3.63) is 46.2 Å². The highest BCUT2D eigenvalue weighted by Crippen LogP contribution is 2.23. The molecule has 0 heterocycles. The van der Waals surface area contributed by atoms with Crippen LogP contribution in [0.1, 0.15) is 24.9 Å². The molecule has 1 atom stereocenters. The molecule has 0 unspecified atom stereocenters. The van der Waals surface area contributed by atoms with Gasteiger partial charge in [0.2, 0.25) is 0 Å². The van der Waals surface area contributed by atoms with E-state index in [1.165, 1.54) is 6.07 Å². The van der Waals surface area contributed by atoms with Gasteiger partial charge < -0.3 is 5.73 Å². The molecule has 0 amide bonds. The van der Waals surface area contributed by atoms with Gasteiger partial charge in [-0.25, -0.2) is 4.39 Å². The summed E-state index contributed by atoms with van der Waals surface area (Å²) in [6.07, 6.45) is 0.605. The average Bonchev–Trinajstić information content (AvgIpc) is 2.08. The second kappa shape index (κ2) is 4.71. The van der Waals surface area contributed by atoms with Gasteiger partial charge in [-0.2, -0.15) is 0 Å². The molecular weight excluding hydrogens is 245 g/mol. The standard InChI is InChI=1S/C11H13BrFN/c1-7(2)5-11(14)9-6-8(12)3-4-10(9)13/h3-4,6,11H,1,5,14H2,2H3/t11-/m1/s1. The first-order valence-electron chi connectivity index (χ1n) is 4.35. The van der Waals surface area contributed by atoms with E-state index in [1.54, 1.807) is 12.1 Å². The highest BCUT2D eigenvalue weighted by molar-refractivity contribution is 9.10. The van der Waals surface area contributed by atoms with E-state index < -0.39 is 0 Å². The molecule has 1 rings (SSSR count). The summed E-state index contributed by atoms with van der Waals surface area (Å²) in [5, 5.41) is 0. The lowest BCUT2D eigenvalue weighted by Crippen LogP contribution is -2.12. The van der Waals surface area contributed by atoms with Gasteiger partial charge in [-0.3, -0.25) is 0 Å². The first-order chi connectivity index (χ1) is 6.50. The minimum atomic E-state index is -0.315. The van der Waals surface area contributed by atoms with Crippen molar-refractivity contribution in [3.8, 4) is 0 Å². The summed E-state index contributed by atoms with van der Waals surface area (Å²) in [6, 6.07) is 4.47. The summed E-state index contributed by atoms with van der Waals surface area (Å²) >= 11 is 3.29. The number of halogens is 2. The van der Waals surface area contributed by atoms with Gasteiger partial charge in [-0.1, -0.05) is 21.5 Å². The van der Waals surface area contributed by atoms with Crippen LogP contribution in [0.25, 0.3) is 0 Å². The fourth-order valence-electron chi connectivity index (χ4n) is 1.28. The fourth-order valence-corrected chi connectivity index (χ4v) is 1.66. The summed E-state index contributed by atoms with van der Waals surface area (Å²) < 4.78 is 14.2. The third-order valence-electron chi connectivity index (χ3n) is 1.93. The van der Waals surface area contributed by atoms with Gasteiger partial charge in [0.1, 0.15) is 5.82 Å². The zero-order chi connectivity index (χ0) is 10.7. The second-order valence-corrected chi connectivity index (χ2v) is 4.35. The Bertz CT molecular complexity index is 349. The van der Waals surface area contributed by atoms with Crippen molar-refractivity contribution in [2.24, 2.45) is 5.73 Å². The summed E-state index contributed by atoms with van der Waals surface area (Å²) in [7, 11) is 0. The van der Waals surface area contributed by atoms with E-state index in [9.17, 15) is 4.39 Å². The maximum absolute atomic E-state index is 13.3. The molecule has 0 bridgehead atoms. The van der Waals surface area contributed by atoms with Crippen LogP contribution in [-0.4, -0.2) is 0 Å². The fraction of sp³-hybridized carbons (Fsp3) is 0.273. The molecule has 14 heavy (non-hydrogen) atoms. The van der Waals surface area contributed by atoms with E-state index in [4.69, 9.17) is 5.73 Å². The Kier molecular flexibility index (Phi) is 3.84. The second-order valence-electron chi connectivity index (χ2n) is 3.43. The van der Waals surface area contributed by atoms with Crippen LogP contribution in [0.15, 0.2) is 34.8 Å². The number of benzene rings is 1. The summed E-state index contributed by atoms with van der Waals surface area (Å²) in [5.74, 6) is -0.262. The van der Waals surface area contributed by atoms with Gasteiger partial charge in [0.05, 0.1) is 0 Å². The van der Waals surface area contributed by atoms with Crippen molar-refractivity contribution >= 4 is 15.9 Å². The van der Waals surface area contributed by atoms with Crippen LogP contribution in [-0.2, 0) is 0 Å². The van der Waals surface area contributed by atoms with Crippen molar-refractivity contribution in [2.45, 2.75) is 19.4 Å². The van der Waals surface area contributed by atoms with Crippen molar-refractivity contribution in [1.82, 2.24) is 0 Å². The molecular formula is C11H13BrFN. The molecule has 1 nitrogen and oxygen atoms in total. The number of hydrogen-bond donors (Lipinski definition) is 1. The van der Waals surface area contributed by atoms with E-state index in [1.807, 2.05) is 6.92 Å². The lowest BCUT2D eigenvalue weighted by molar-refractivity contribution is 0.579. The molecule has 1 aromatic rings. The quantitative estimate of drug-likeness (QED) is 0.824. The molecule has 76 valence electrons. The minimum Gasteiger partial charge on any atom is -0.324 e. The van der Waals surface area contributed by atoms with Crippen molar-refractivity contribution in [3.63, 3.8) is 0 Å². The lowest BCUT2D eigenvalue weighted by Gasteiger charge is -2.13. The summed E-state index contributed by atoms with van der Waals surface area (Å²) in [5.41, 5.74) is 7.33. The molecule has 0 radical (unpaired) electrons. The van der Waals surface area contributed by atoms with Crippen molar-refractivity contribution in [1.29, 1.82) is 0 Å². The summed E-state index contributed by atoms with van der Waals surface area (Å²) in [4.78, 5) is 0. The Morgan fingerprint density at radius 1 is 1.64 bits per heavy atom. The topological polar surface area (TPSA) is 26.0 Å². The van der Waals surface area contributed by atoms with Gasteiger partial charge in [-0.05, 0) is 31.5 Å². The number of hydrogen-bond acceptors (Lipinski definition) is 1. The van der Waals surface area contributed by atoms with Crippen LogP contribution in [0.5, 0.6) is 0 Å². The smallest absolute Gasteiger partial charge is 0.128 e. The summed E-state index contributed by atoms with van der Waals surface area (Å²) in [6.45, 7) is 5.64. The average molecular weight is 258 g/mol. The van der Waals surface area contributed by atoms with Gasteiger partial charge in [0.15, 0.2) is 0 Å². The molecule has 0 aliphatic rings. The molecule has 1 aromatic carbocycles. The van der Waals surface area contributed by atoms with Crippen molar-refractivity contribution < 1.29 is 4.39 Å². The molecule has 2 N–H and O–H groups in total. The Labute approximate surface area is 91.9 Å². The van der Waals surface area contributed by atoms with Gasteiger partial charge >= 0.3 is 0 Å². The van der Waals surface area contributed by atoms with E-state index in [0.29, 0.717) is 12.0 Å². The van der Waals surface area contributed by atoms with Gasteiger partial charge in [0, 0.05) is 16.1 Å². The highest BCUT2D eigenvalue weighted by atomic mass is 79.9. The molecule has 0 saturated carbocycles. The largest absolute Gasteiger partial charge is 0.324 e. The zero-order valence-electron chi connectivity index (χ0n) is 8.06. The minimum absolute atomic E-state index is 0.262. The first-order valence-corrected chi connectivity index (χ1v) is 5.15. The Balaban J connectivity index is 2.93. The molecule has 0 aliphatic heterocycles. The van der Waals surface area contributed by atoms with Crippen LogP contribution in [0.2, 0.25) is 0 Å². The van der Waals surface area contributed by atoms with E-state index in [0.717, 1.165) is 10.0 Å². The molecule has 0 spiro atoms. The molecule has 0 saturated heterocycles. The molecule has 3 heteroatoms. The Hall–Kier alpha value is -0.670. The van der Waals surface area contributed by atoms with Crippen LogP contribution in [0, 0.1) is 5.82 Å². The first kappa shape index (κ1) is 11.4. The maximum Gasteiger partial charge on any atom is 0.128 e. The number of rotatable bonds is 3. The van der Waals surface area contributed by atoms with E-state index in [2.05, 4.69) is 22.5 Å². The van der Waals surface area contributed by atoms with Gasteiger partial charge in [0.25, 0.3) is 0 Å². The van der Waals surface area contributed by atoms with Crippen molar-refractivity contribution in [2.75, 3.05) is 0 Å². The van der Waals surface area contributed by atoms with E-state index in [-0.39, 0.29) is 11.9 Å². The number of nitrogens with two attached hydrogens (primary N) is 1. The normalized spacial score (nSPS) is 12.6. The van der Waals surface area contributed by atoms with E-state index >= 15 is 0 Å². The van der Waals surface area contributed by atoms with Crippen LogP contribution < -0.4 is 5.73 Å². The third-order valence-corrected chi connectivity index (χ3v) is 2.42. The zero-order valence-corrected chi connectivity index (χ0v) is 9.64. The molecule has 0 fully saturated rings. The predicted molar refractivity (Wildman–Crippen MR) is 60.5 cm³/mol. The van der Waals surface area contributed by atoms with Gasteiger partial charge in [-0.15, -0.1) is 6.58 Å². The third kappa shape index (κ3) is 2.93. The lowest BCUT2D eigenvalue weighted by atomic mass is 10.0. The monoisotopic (exact) mass is 257 g/mol. The van der Waals surface area contributed by atoms with Crippen LogP contribution in [0.4, 0.5) is 4.39 Å². The van der Waals surface area contributed by atoms with Crippen LogP contribution >= 0.6 is 15.9 Å². The Morgan fingerprint density at radius 2 is 2.29 bits per heavy atom. The predicted octanol–water partition coefficient (Wildman–Crippen LogP) is 3.55. The maximum atomic E-state index is 13.3. The Morgan fingerprint density at radius 3 is 2.86 bits per heavy atom. The SMILES string of the molecule is C=C(C)C[C@@H](N)c1cc(Br)ccc1F. The highest BCUT2D eigenvalue weighted by Gasteiger charge is 2.11. The molecule has 0 aromatic heterocycles. The van der Waals surface area contributed by atoms with Crippen LogP contribution in [0.3, 0.4) is 0 Å².